The molecule has 128 valence electrons. The van der Waals surface area contributed by atoms with Gasteiger partial charge in [0.25, 0.3) is 0 Å². The van der Waals surface area contributed by atoms with Crippen molar-refractivity contribution in [2.75, 3.05) is 12.3 Å². The molecule has 0 saturated heterocycles. The van der Waals surface area contributed by atoms with E-state index in [2.05, 4.69) is 0 Å². The summed E-state index contributed by atoms with van der Waals surface area (Å²) in [4.78, 5) is 11.2. The number of carboxylic acids is 1. The molecule has 1 aromatic rings. The standard InChI is InChI=1S/C16H23NO5S/c1-5-17(23(20,21)6-2)13-10-16(3,4)22-14-8-7-11(15(18)19)9-12(13)14/h7-9,13H,5-6,10H2,1-4H3,(H,18,19). The van der Waals surface area contributed by atoms with E-state index in [9.17, 15) is 18.3 Å². The molecule has 0 saturated carbocycles. The lowest BCUT2D eigenvalue weighted by Crippen LogP contribution is -2.44. The number of hydrogen-bond acceptors (Lipinski definition) is 4. The molecule has 1 aromatic carbocycles. The van der Waals surface area contributed by atoms with Crippen LogP contribution in [0.2, 0.25) is 0 Å². The number of fused-ring (bicyclic) bond motifs is 1. The van der Waals surface area contributed by atoms with Crippen LogP contribution in [-0.2, 0) is 10.0 Å². The van der Waals surface area contributed by atoms with Gasteiger partial charge < -0.3 is 9.84 Å². The number of aromatic carboxylic acids is 1. The first-order chi connectivity index (χ1) is 10.6. The van der Waals surface area contributed by atoms with E-state index in [-0.39, 0.29) is 11.3 Å². The summed E-state index contributed by atoms with van der Waals surface area (Å²) in [6, 6.07) is 4.18. The minimum Gasteiger partial charge on any atom is -0.487 e. The average Bonchev–Trinajstić information content (AvgIpc) is 2.46. The highest BCUT2D eigenvalue weighted by atomic mass is 32.2. The Bertz CT molecular complexity index is 711. The Balaban J connectivity index is 2.60. The molecule has 0 spiro atoms. The van der Waals surface area contributed by atoms with Crippen LogP contribution in [0.5, 0.6) is 5.75 Å². The van der Waals surface area contributed by atoms with Crippen molar-refractivity contribution < 1.29 is 23.1 Å². The van der Waals surface area contributed by atoms with E-state index in [0.717, 1.165) is 0 Å². The molecule has 1 heterocycles. The van der Waals surface area contributed by atoms with Crippen molar-refractivity contribution in [1.82, 2.24) is 4.31 Å². The lowest BCUT2D eigenvalue weighted by molar-refractivity contribution is 0.0510. The van der Waals surface area contributed by atoms with E-state index in [4.69, 9.17) is 4.74 Å². The molecule has 0 radical (unpaired) electrons. The van der Waals surface area contributed by atoms with Crippen molar-refractivity contribution in [3.63, 3.8) is 0 Å². The van der Waals surface area contributed by atoms with Crippen molar-refractivity contribution in [3.8, 4) is 5.75 Å². The van der Waals surface area contributed by atoms with Gasteiger partial charge in [-0.1, -0.05) is 6.92 Å². The van der Waals surface area contributed by atoms with Gasteiger partial charge in [-0.3, -0.25) is 0 Å². The van der Waals surface area contributed by atoms with Crippen molar-refractivity contribution in [1.29, 1.82) is 0 Å². The van der Waals surface area contributed by atoms with Gasteiger partial charge in [0.15, 0.2) is 0 Å². The predicted octanol–water partition coefficient (Wildman–Crippen LogP) is 2.66. The van der Waals surface area contributed by atoms with Crippen LogP contribution in [-0.4, -0.2) is 41.7 Å². The van der Waals surface area contributed by atoms with Crippen LogP contribution in [0.3, 0.4) is 0 Å². The minimum absolute atomic E-state index is 0.00653. The van der Waals surface area contributed by atoms with Gasteiger partial charge >= 0.3 is 5.97 Å². The Morgan fingerprint density at radius 1 is 1.39 bits per heavy atom. The molecule has 7 heteroatoms. The van der Waals surface area contributed by atoms with Gasteiger partial charge in [-0.25, -0.2) is 13.2 Å². The quantitative estimate of drug-likeness (QED) is 0.890. The van der Waals surface area contributed by atoms with E-state index in [1.807, 2.05) is 13.8 Å². The smallest absolute Gasteiger partial charge is 0.335 e. The van der Waals surface area contributed by atoms with Gasteiger partial charge in [0, 0.05) is 18.5 Å². The van der Waals surface area contributed by atoms with Gasteiger partial charge in [0.1, 0.15) is 11.4 Å². The minimum atomic E-state index is -3.41. The first-order valence-corrected chi connectivity index (χ1v) is 9.28. The Labute approximate surface area is 137 Å². The fraction of sp³-hybridized carbons (Fsp3) is 0.562. The van der Waals surface area contributed by atoms with E-state index in [1.165, 1.54) is 16.4 Å². The Kier molecular flexibility index (Phi) is 4.73. The first kappa shape index (κ1) is 17.7. The number of nitrogens with zero attached hydrogens (tertiary/aromatic N) is 1. The molecule has 0 fully saturated rings. The number of rotatable bonds is 5. The molecule has 0 bridgehead atoms. The number of hydrogen-bond donors (Lipinski definition) is 1. The molecule has 1 aliphatic rings. The lowest BCUT2D eigenvalue weighted by atomic mass is 9.89. The Morgan fingerprint density at radius 2 is 2.04 bits per heavy atom. The highest BCUT2D eigenvalue weighted by molar-refractivity contribution is 7.89. The normalized spacial score (nSPS) is 20.0. The summed E-state index contributed by atoms with van der Waals surface area (Å²) >= 11 is 0. The molecule has 0 aliphatic carbocycles. The zero-order chi connectivity index (χ0) is 17.4. The molecule has 1 unspecified atom stereocenters. The summed E-state index contributed by atoms with van der Waals surface area (Å²) < 4.78 is 32.2. The SMILES string of the molecule is CCN(C1CC(C)(C)Oc2ccc(C(=O)O)cc21)S(=O)(=O)CC. The molecule has 23 heavy (non-hydrogen) atoms. The number of ether oxygens (including phenoxy) is 1. The predicted molar refractivity (Wildman–Crippen MR) is 87.3 cm³/mol. The van der Waals surface area contributed by atoms with Gasteiger partial charge in [-0.15, -0.1) is 0 Å². The van der Waals surface area contributed by atoms with Crippen LogP contribution in [0.1, 0.15) is 56.1 Å². The van der Waals surface area contributed by atoms with Gasteiger partial charge in [0.05, 0.1) is 17.4 Å². The number of carboxylic acid groups (broad SMARTS) is 1. The van der Waals surface area contributed by atoms with Crippen molar-refractivity contribution in [2.45, 2.75) is 45.8 Å². The second-order valence-corrected chi connectivity index (χ2v) is 8.45. The molecule has 1 N–H and O–H groups in total. The zero-order valence-electron chi connectivity index (χ0n) is 13.9. The molecular weight excluding hydrogens is 318 g/mol. The van der Waals surface area contributed by atoms with Crippen LogP contribution in [0, 0.1) is 0 Å². The van der Waals surface area contributed by atoms with Gasteiger partial charge in [-0.2, -0.15) is 4.31 Å². The highest BCUT2D eigenvalue weighted by Gasteiger charge is 2.40. The van der Waals surface area contributed by atoms with Crippen molar-refractivity contribution in [2.24, 2.45) is 0 Å². The van der Waals surface area contributed by atoms with Crippen molar-refractivity contribution in [3.05, 3.63) is 29.3 Å². The molecule has 0 aromatic heterocycles. The first-order valence-electron chi connectivity index (χ1n) is 7.67. The zero-order valence-corrected chi connectivity index (χ0v) is 14.7. The number of carbonyl (C=O) groups is 1. The summed E-state index contributed by atoms with van der Waals surface area (Å²) in [6.45, 7) is 7.53. The summed E-state index contributed by atoms with van der Waals surface area (Å²) in [7, 11) is -3.41. The summed E-state index contributed by atoms with van der Waals surface area (Å²) in [5, 5.41) is 9.20. The number of benzene rings is 1. The summed E-state index contributed by atoms with van der Waals surface area (Å²) in [5.74, 6) is -0.495. The Morgan fingerprint density at radius 3 is 2.57 bits per heavy atom. The monoisotopic (exact) mass is 341 g/mol. The van der Waals surface area contributed by atoms with Crippen LogP contribution in [0.4, 0.5) is 0 Å². The number of sulfonamides is 1. The lowest BCUT2D eigenvalue weighted by Gasteiger charge is -2.41. The molecule has 1 atom stereocenters. The van der Waals surface area contributed by atoms with Gasteiger partial charge in [0.2, 0.25) is 10.0 Å². The van der Waals surface area contributed by atoms with E-state index in [0.29, 0.717) is 24.3 Å². The molecular formula is C16H23NO5S. The van der Waals surface area contributed by atoms with Crippen LogP contribution >= 0.6 is 0 Å². The van der Waals surface area contributed by atoms with Crippen LogP contribution < -0.4 is 4.74 Å². The molecule has 1 aliphatic heterocycles. The maximum atomic E-state index is 12.4. The highest BCUT2D eigenvalue weighted by Crippen LogP contribution is 2.43. The summed E-state index contributed by atoms with van der Waals surface area (Å²) in [6.07, 6.45) is 0.468. The van der Waals surface area contributed by atoms with Crippen molar-refractivity contribution >= 4 is 16.0 Å². The fourth-order valence-electron chi connectivity index (χ4n) is 2.98. The molecule has 0 amide bonds. The van der Waals surface area contributed by atoms with Crippen LogP contribution in [0.15, 0.2) is 18.2 Å². The third-order valence-electron chi connectivity index (χ3n) is 4.07. The second kappa shape index (κ2) is 6.13. The third kappa shape index (κ3) is 3.50. The third-order valence-corrected chi connectivity index (χ3v) is 6.03. The summed E-state index contributed by atoms with van der Waals surface area (Å²) in [5.41, 5.74) is 0.212. The second-order valence-electron chi connectivity index (χ2n) is 6.24. The van der Waals surface area contributed by atoms with Crippen LogP contribution in [0.25, 0.3) is 0 Å². The average molecular weight is 341 g/mol. The largest absolute Gasteiger partial charge is 0.487 e. The Hall–Kier alpha value is -1.60. The fourth-order valence-corrected chi connectivity index (χ4v) is 4.28. The maximum Gasteiger partial charge on any atom is 0.335 e. The van der Waals surface area contributed by atoms with E-state index < -0.39 is 27.6 Å². The molecule has 2 rings (SSSR count). The molecule has 6 nitrogen and oxygen atoms in total. The van der Waals surface area contributed by atoms with E-state index >= 15 is 0 Å². The van der Waals surface area contributed by atoms with Gasteiger partial charge in [-0.05, 0) is 39.0 Å². The van der Waals surface area contributed by atoms with E-state index in [1.54, 1.807) is 19.9 Å². The topological polar surface area (TPSA) is 83.9 Å². The maximum absolute atomic E-state index is 12.4.